The van der Waals surface area contributed by atoms with Crippen molar-refractivity contribution in [1.29, 1.82) is 0 Å². The van der Waals surface area contributed by atoms with Crippen LogP contribution in [0.15, 0.2) is 0 Å². The van der Waals surface area contributed by atoms with Crippen molar-refractivity contribution in [3.05, 3.63) is 0 Å². The predicted octanol–water partition coefficient (Wildman–Crippen LogP) is -1.38. The fraction of sp³-hybridized carbons (Fsp3) is 0.769. The van der Waals surface area contributed by atoms with Gasteiger partial charge in [0.25, 0.3) is 0 Å². The maximum absolute atomic E-state index is 12.5. The summed E-state index contributed by atoms with van der Waals surface area (Å²) in [6, 6.07) is -2.76. The van der Waals surface area contributed by atoms with Gasteiger partial charge in [-0.2, -0.15) is 11.8 Å². The Morgan fingerprint density at radius 1 is 1.45 bits per heavy atom. The molecule has 1 aliphatic rings. The first-order valence-corrected chi connectivity index (χ1v) is 8.50. The number of carboxylic acids is 1. The quantitative estimate of drug-likeness (QED) is 0.430. The summed E-state index contributed by atoms with van der Waals surface area (Å²) in [6.45, 7) is -0.149. The molecule has 1 fully saturated rings. The molecule has 0 saturated carbocycles. The molecule has 0 unspecified atom stereocenters. The minimum absolute atomic E-state index is 0.369. The Morgan fingerprint density at radius 2 is 2.14 bits per heavy atom. The number of nitrogens with one attached hydrogen (secondary N) is 1. The molecule has 126 valence electrons. The van der Waals surface area contributed by atoms with E-state index >= 15 is 0 Å². The van der Waals surface area contributed by atoms with Crippen LogP contribution in [0.2, 0.25) is 0 Å². The molecular formula is C13H23N3O5S. The fourth-order valence-corrected chi connectivity index (χ4v) is 2.81. The normalized spacial score (nSPS) is 20.5. The second-order valence-corrected chi connectivity index (χ2v) is 6.15. The number of carbonyl (C=O) groups excluding carboxylic acids is 2. The van der Waals surface area contributed by atoms with Gasteiger partial charge in [-0.05, 0) is 31.3 Å². The van der Waals surface area contributed by atoms with Crippen molar-refractivity contribution in [2.45, 2.75) is 37.4 Å². The highest BCUT2D eigenvalue weighted by Gasteiger charge is 2.37. The molecule has 3 atom stereocenters. The predicted molar refractivity (Wildman–Crippen MR) is 82.4 cm³/mol. The Kier molecular flexibility index (Phi) is 7.63. The van der Waals surface area contributed by atoms with Gasteiger partial charge < -0.3 is 26.2 Å². The summed E-state index contributed by atoms with van der Waals surface area (Å²) in [4.78, 5) is 36.8. The van der Waals surface area contributed by atoms with Crippen LogP contribution in [0.1, 0.15) is 19.3 Å². The van der Waals surface area contributed by atoms with Gasteiger partial charge in [0.2, 0.25) is 11.8 Å². The van der Waals surface area contributed by atoms with Crippen molar-refractivity contribution in [1.82, 2.24) is 10.2 Å². The molecule has 22 heavy (non-hydrogen) atoms. The first kappa shape index (κ1) is 18.7. The lowest BCUT2D eigenvalue weighted by Crippen LogP contribution is -2.55. The summed E-state index contributed by atoms with van der Waals surface area (Å²) < 4.78 is 0. The molecule has 0 aromatic rings. The van der Waals surface area contributed by atoms with Gasteiger partial charge in [-0.25, -0.2) is 4.79 Å². The molecule has 0 bridgehead atoms. The number of nitrogens with two attached hydrogens (primary N) is 1. The van der Waals surface area contributed by atoms with Crippen molar-refractivity contribution < 1.29 is 24.6 Å². The molecule has 0 spiro atoms. The van der Waals surface area contributed by atoms with Gasteiger partial charge in [-0.1, -0.05) is 0 Å². The van der Waals surface area contributed by atoms with Gasteiger partial charge >= 0.3 is 5.97 Å². The van der Waals surface area contributed by atoms with E-state index in [0.29, 0.717) is 31.6 Å². The summed E-state index contributed by atoms with van der Waals surface area (Å²) in [6.07, 6.45) is 3.30. The Labute approximate surface area is 133 Å². The summed E-state index contributed by atoms with van der Waals surface area (Å²) >= 11 is 1.52. The Balaban J connectivity index is 2.79. The van der Waals surface area contributed by atoms with E-state index in [1.807, 2.05) is 6.26 Å². The molecule has 8 nitrogen and oxygen atoms in total. The number of nitrogens with zero attached hydrogens (tertiary/aromatic N) is 1. The van der Waals surface area contributed by atoms with Crippen LogP contribution in [0.4, 0.5) is 0 Å². The number of aliphatic hydroxyl groups is 1. The highest BCUT2D eigenvalue weighted by atomic mass is 32.2. The SMILES string of the molecule is CSCC[C@H](NC(=O)[C@@H](N)CO)C(=O)N1CCC[C@@H]1C(=O)O. The van der Waals surface area contributed by atoms with Crippen molar-refractivity contribution in [3.63, 3.8) is 0 Å². The largest absolute Gasteiger partial charge is 0.480 e. The van der Waals surface area contributed by atoms with Crippen molar-refractivity contribution in [2.75, 3.05) is 25.2 Å². The number of likely N-dealkylation sites (tertiary alicyclic amines) is 1. The Morgan fingerprint density at radius 3 is 2.68 bits per heavy atom. The van der Waals surface area contributed by atoms with Gasteiger partial charge in [0.05, 0.1) is 6.61 Å². The van der Waals surface area contributed by atoms with Crippen LogP contribution in [0.25, 0.3) is 0 Å². The Hall–Kier alpha value is -1.32. The molecule has 0 aliphatic carbocycles. The second kappa shape index (κ2) is 8.96. The van der Waals surface area contributed by atoms with Gasteiger partial charge in [-0.15, -0.1) is 0 Å². The Bertz CT molecular complexity index is 420. The van der Waals surface area contributed by atoms with E-state index in [2.05, 4.69) is 5.32 Å². The van der Waals surface area contributed by atoms with E-state index in [-0.39, 0.29) is 0 Å². The zero-order valence-corrected chi connectivity index (χ0v) is 13.3. The lowest BCUT2D eigenvalue weighted by atomic mass is 10.1. The van der Waals surface area contributed by atoms with Crippen LogP contribution < -0.4 is 11.1 Å². The molecule has 1 heterocycles. The van der Waals surface area contributed by atoms with Crippen LogP contribution >= 0.6 is 11.8 Å². The van der Waals surface area contributed by atoms with Gasteiger partial charge in [0.15, 0.2) is 0 Å². The molecular weight excluding hydrogens is 310 g/mol. The molecule has 0 aromatic heterocycles. The number of rotatable bonds is 8. The highest BCUT2D eigenvalue weighted by molar-refractivity contribution is 7.98. The zero-order valence-electron chi connectivity index (χ0n) is 12.5. The van der Waals surface area contributed by atoms with Crippen LogP contribution in [0.5, 0.6) is 0 Å². The average molecular weight is 333 g/mol. The van der Waals surface area contributed by atoms with Crippen LogP contribution in [-0.2, 0) is 14.4 Å². The number of hydrogen-bond donors (Lipinski definition) is 4. The number of hydrogen-bond acceptors (Lipinski definition) is 6. The number of carboxylic acid groups (broad SMARTS) is 1. The molecule has 2 amide bonds. The van der Waals surface area contributed by atoms with Gasteiger partial charge in [-0.3, -0.25) is 9.59 Å². The molecule has 1 rings (SSSR count). The van der Waals surface area contributed by atoms with E-state index in [1.165, 1.54) is 16.7 Å². The topological polar surface area (TPSA) is 133 Å². The number of aliphatic carboxylic acids is 1. The number of amides is 2. The first-order valence-electron chi connectivity index (χ1n) is 7.11. The standard InChI is InChI=1S/C13H23N3O5S/c1-22-6-4-9(15-11(18)8(14)7-17)12(19)16-5-2-3-10(16)13(20)21/h8-10,17H,2-7,14H2,1H3,(H,15,18)(H,20,21)/t8-,9-,10+/m0/s1. The minimum atomic E-state index is -1.10. The summed E-state index contributed by atoms with van der Waals surface area (Å²) in [7, 11) is 0. The van der Waals surface area contributed by atoms with Gasteiger partial charge in [0.1, 0.15) is 18.1 Å². The number of aliphatic hydroxyl groups excluding tert-OH is 1. The third kappa shape index (κ3) is 4.85. The molecule has 1 saturated heterocycles. The maximum atomic E-state index is 12.5. The van der Waals surface area contributed by atoms with Crippen molar-refractivity contribution in [2.24, 2.45) is 5.73 Å². The molecule has 1 aliphatic heterocycles. The minimum Gasteiger partial charge on any atom is -0.480 e. The monoisotopic (exact) mass is 333 g/mol. The lowest BCUT2D eigenvalue weighted by molar-refractivity contribution is -0.149. The second-order valence-electron chi connectivity index (χ2n) is 5.16. The molecule has 5 N–H and O–H groups in total. The molecule has 0 radical (unpaired) electrons. The first-order chi connectivity index (χ1) is 10.4. The third-order valence-corrected chi connectivity index (χ3v) is 4.22. The van der Waals surface area contributed by atoms with Crippen molar-refractivity contribution in [3.8, 4) is 0 Å². The zero-order chi connectivity index (χ0) is 16.7. The van der Waals surface area contributed by atoms with E-state index in [1.54, 1.807) is 0 Å². The van der Waals surface area contributed by atoms with Crippen LogP contribution in [-0.4, -0.2) is 76.2 Å². The maximum Gasteiger partial charge on any atom is 0.326 e. The fourth-order valence-electron chi connectivity index (χ4n) is 2.34. The van der Waals surface area contributed by atoms with E-state index in [9.17, 15) is 14.4 Å². The summed E-state index contributed by atoms with van der Waals surface area (Å²) in [5.41, 5.74) is 5.44. The van der Waals surface area contributed by atoms with Crippen LogP contribution in [0, 0.1) is 0 Å². The third-order valence-electron chi connectivity index (χ3n) is 3.58. The van der Waals surface area contributed by atoms with E-state index in [0.717, 1.165) is 0 Å². The number of carbonyl (C=O) groups is 3. The van der Waals surface area contributed by atoms with Gasteiger partial charge in [0, 0.05) is 6.54 Å². The van der Waals surface area contributed by atoms with Crippen molar-refractivity contribution >= 4 is 29.5 Å². The number of thioether (sulfide) groups is 1. The smallest absolute Gasteiger partial charge is 0.326 e. The molecule has 9 heteroatoms. The van der Waals surface area contributed by atoms with Crippen LogP contribution in [0.3, 0.4) is 0 Å². The molecule has 0 aromatic carbocycles. The summed E-state index contributed by atoms with van der Waals surface area (Å²) in [5.74, 6) is -1.42. The van der Waals surface area contributed by atoms with E-state index < -0.39 is 42.5 Å². The summed E-state index contributed by atoms with van der Waals surface area (Å²) in [5, 5.41) is 20.6. The lowest BCUT2D eigenvalue weighted by Gasteiger charge is -2.27. The van der Waals surface area contributed by atoms with E-state index in [4.69, 9.17) is 15.9 Å². The highest BCUT2D eigenvalue weighted by Crippen LogP contribution is 2.19. The average Bonchev–Trinajstić information content (AvgIpc) is 2.99.